The SMILES string of the molecule is C=C(C1CC(C(=O)O)C1)N1CCN(C)C(C)(C)C1.CC(C)(C)c1cc(-c2ccc(F)cc2)nn2cc(C=O)nc12. The first-order valence-corrected chi connectivity index (χ1v) is 13.7. The van der Waals surface area contributed by atoms with Gasteiger partial charge in [0.15, 0.2) is 11.9 Å². The number of aldehydes is 1. The van der Waals surface area contributed by atoms with Gasteiger partial charge < -0.3 is 10.0 Å². The second-order valence-electron chi connectivity index (χ2n) is 12.6. The number of hydrogen-bond donors (Lipinski definition) is 1. The van der Waals surface area contributed by atoms with Gasteiger partial charge in [-0.2, -0.15) is 5.10 Å². The molecule has 2 aliphatic rings. The fourth-order valence-electron chi connectivity index (χ4n) is 5.20. The summed E-state index contributed by atoms with van der Waals surface area (Å²) < 4.78 is 14.7. The van der Waals surface area contributed by atoms with E-state index in [4.69, 9.17) is 5.11 Å². The summed E-state index contributed by atoms with van der Waals surface area (Å²) in [6.07, 6.45) is 3.84. The molecule has 1 aromatic carbocycles. The van der Waals surface area contributed by atoms with Crippen molar-refractivity contribution in [1.29, 1.82) is 0 Å². The van der Waals surface area contributed by atoms with Crippen molar-refractivity contribution in [3.63, 3.8) is 0 Å². The Labute approximate surface area is 235 Å². The average molecular weight is 550 g/mol. The molecule has 1 N–H and O–H groups in total. The van der Waals surface area contributed by atoms with Gasteiger partial charge in [-0.15, -0.1) is 0 Å². The Morgan fingerprint density at radius 1 is 1.15 bits per heavy atom. The van der Waals surface area contributed by atoms with E-state index in [-0.39, 0.29) is 22.7 Å². The van der Waals surface area contributed by atoms with E-state index in [2.05, 4.69) is 68.1 Å². The Balaban J connectivity index is 0.000000189. The van der Waals surface area contributed by atoms with E-state index in [1.807, 2.05) is 6.07 Å². The zero-order valence-electron chi connectivity index (χ0n) is 24.3. The molecule has 40 heavy (non-hydrogen) atoms. The summed E-state index contributed by atoms with van der Waals surface area (Å²) >= 11 is 0. The van der Waals surface area contributed by atoms with E-state index in [9.17, 15) is 14.0 Å². The van der Waals surface area contributed by atoms with Crippen LogP contribution in [0.2, 0.25) is 0 Å². The number of likely N-dealkylation sites (N-methyl/N-ethyl adjacent to an activating group) is 1. The van der Waals surface area contributed by atoms with Gasteiger partial charge in [0.25, 0.3) is 0 Å². The molecule has 1 saturated heterocycles. The standard InChI is InChI=1S/C17H16FN3O.C14H24N2O2/c1-17(2,3)14-8-15(11-4-6-12(18)7-5-11)20-21-9-13(10-22)19-16(14)21;1-10(11-7-12(8-11)13(17)18)16-6-5-15(4)14(2,3)9-16/h4-10H,1-3H3;11-12H,1,5-9H2,2-4H3,(H,17,18). The van der Waals surface area contributed by atoms with Gasteiger partial charge >= 0.3 is 5.97 Å². The van der Waals surface area contributed by atoms with Gasteiger partial charge in [0.1, 0.15) is 11.5 Å². The Morgan fingerprint density at radius 2 is 1.80 bits per heavy atom. The molecule has 5 rings (SSSR count). The van der Waals surface area contributed by atoms with Crippen LogP contribution in [0.3, 0.4) is 0 Å². The van der Waals surface area contributed by atoms with Crippen LogP contribution < -0.4 is 0 Å². The average Bonchev–Trinajstić information content (AvgIpc) is 3.27. The number of carbonyl (C=O) groups is 2. The summed E-state index contributed by atoms with van der Waals surface area (Å²) in [6.45, 7) is 17.9. The molecule has 214 valence electrons. The number of piperazine rings is 1. The number of nitrogens with zero attached hydrogens (tertiary/aromatic N) is 5. The van der Waals surface area contributed by atoms with Crippen molar-refractivity contribution < 1.29 is 19.1 Å². The normalized spacial score (nSPS) is 20.8. The molecule has 0 atom stereocenters. The molecule has 1 aliphatic heterocycles. The number of carboxylic acid groups (broad SMARTS) is 1. The lowest BCUT2D eigenvalue weighted by Gasteiger charge is -2.49. The lowest BCUT2D eigenvalue weighted by Crippen LogP contribution is -2.57. The molecule has 9 heteroatoms. The largest absolute Gasteiger partial charge is 0.481 e. The predicted octanol–water partition coefficient (Wildman–Crippen LogP) is 5.28. The Kier molecular flexibility index (Phi) is 8.17. The number of benzene rings is 1. The van der Waals surface area contributed by atoms with Crippen LogP contribution in [0.25, 0.3) is 16.9 Å². The number of aliphatic carboxylic acids is 1. The maximum Gasteiger partial charge on any atom is 0.306 e. The maximum absolute atomic E-state index is 13.1. The third-order valence-corrected chi connectivity index (χ3v) is 8.19. The minimum absolute atomic E-state index is 0.146. The molecular weight excluding hydrogens is 509 g/mol. The van der Waals surface area contributed by atoms with Gasteiger partial charge in [-0.05, 0) is 75.4 Å². The molecule has 1 aliphatic carbocycles. The summed E-state index contributed by atoms with van der Waals surface area (Å²) in [4.78, 5) is 30.8. The summed E-state index contributed by atoms with van der Waals surface area (Å²) in [5.74, 6) is -0.706. The first kappa shape index (κ1) is 29.4. The smallest absolute Gasteiger partial charge is 0.306 e. The molecular formula is C31H40FN5O3. The Hall–Kier alpha value is -3.59. The predicted molar refractivity (Wildman–Crippen MR) is 154 cm³/mol. The lowest BCUT2D eigenvalue weighted by molar-refractivity contribution is -0.146. The zero-order valence-corrected chi connectivity index (χ0v) is 24.3. The fraction of sp³-hybridized carbons (Fsp3) is 0.484. The maximum atomic E-state index is 13.1. The van der Waals surface area contributed by atoms with Crippen molar-refractivity contribution in [3.8, 4) is 11.3 Å². The molecule has 0 spiro atoms. The Bertz CT molecular complexity index is 1400. The number of carboxylic acids is 1. The molecule has 0 unspecified atom stereocenters. The van der Waals surface area contributed by atoms with Crippen molar-refractivity contribution in [2.24, 2.45) is 11.8 Å². The van der Waals surface area contributed by atoms with E-state index in [1.54, 1.807) is 22.8 Å². The molecule has 2 aromatic heterocycles. The number of carbonyl (C=O) groups excluding carboxylic acids is 1. The number of fused-ring (bicyclic) bond motifs is 1. The number of rotatable bonds is 5. The minimum Gasteiger partial charge on any atom is -0.481 e. The number of halogens is 1. The van der Waals surface area contributed by atoms with Crippen molar-refractivity contribution in [3.05, 3.63) is 65.9 Å². The van der Waals surface area contributed by atoms with Gasteiger partial charge in [0.2, 0.25) is 0 Å². The third-order valence-electron chi connectivity index (χ3n) is 8.19. The van der Waals surface area contributed by atoms with E-state index in [0.717, 1.165) is 49.3 Å². The molecule has 0 amide bonds. The molecule has 3 aromatic rings. The zero-order chi connectivity index (χ0) is 29.4. The molecule has 0 radical (unpaired) electrons. The number of hydrogen-bond acceptors (Lipinski definition) is 6. The van der Waals surface area contributed by atoms with Crippen molar-refractivity contribution >= 4 is 17.9 Å². The minimum atomic E-state index is -0.655. The van der Waals surface area contributed by atoms with E-state index < -0.39 is 5.97 Å². The van der Waals surface area contributed by atoms with E-state index >= 15 is 0 Å². The van der Waals surface area contributed by atoms with Crippen LogP contribution in [0.5, 0.6) is 0 Å². The van der Waals surface area contributed by atoms with Crippen molar-refractivity contribution in [1.82, 2.24) is 24.4 Å². The topological polar surface area (TPSA) is 91.0 Å². The molecule has 0 bridgehead atoms. The quantitative estimate of drug-likeness (QED) is 0.433. The highest BCUT2D eigenvalue weighted by Crippen LogP contribution is 2.40. The molecule has 3 heterocycles. The van der Waals surface area contributed by atoms with Gasteiger partial charge in [0.05, 0.1) is 17.8 Å². The Morgan fingerprint density at radius 3 is 2.35 bits per heavy atom. The van der Waals surface area contributed by atoms with Crippen LogP contribution in [0.1, 0.15) is 63.5 Å². The highest BCUT2D eigenvalue weighted by atomic mass is 19.1. The van der Waals surface area contributed by atoms with Crippen LogP contribution in [0, 0.1) is 17.7 Å². The van der Waals surface area contributed by atoms with Crippen LogP contribution in [-0.4, -0.2) is 74.0 Å². The molecule has 8 nitrogen and oxygen atoms in total. The van der Waals surface area contributed by atoms with Gasteiger partial charge in [-0.25, -0.2) is 13.9 Å². The van der Waals surface area contributed by atoms with Gasteiger partial charge in [-0.1, -0.05) is 27.4 Å². The van der Waals surface area contributed by atoms with Crippen molar-refractivity contribution in [2.75, 3.05) is 26.7 Å². The summed E-state index contributed by atoms with van der Waals surface area (Å²) in [5, 5.41) is 13.4. The van der Waals surface area contributed by atoms with E-state index in [1.165, 1.54) is 12.1 Å². The summed E-state index contributed by atoms with van der Waals surface area (Å²) in [7, 11) is 2.16. The lowest BCUT2D eigenvalue weighted by atomic mass is 9.73. The first-order chi connectivity index (χ1) is 18.7. The first-order valence-electron chi connectivity index (χ1n) is 13.7. The van der Waals surface area contributed by atoms with Crippen LogP contribution in [0.15, 0.2) is 48.8 Å². The fourth-order valence-corrected chi connectivity index (χ4v) is 5.20. The molecule has 2 fully saturated rings. The summed E-state index contributed by atoms with van der Waals surface area (Å²) in [6, 6.07) is 8.14. The second-order valence-corrected chi connectivity index (χ2v) is 12.6. The second kappa shape index (κ2) is 11.1. The highest BCUT2D eigenvalue weighted by Gasteiger charge is 2.40. The number of aromatic nitrogens is 3. The van der Waals surface area contributed by atoms with E-state index in [0.29, 0.717) is 29.2 Å². The third kappa shape index (κ3) is 6.25. The summed E-state index contributed by atoms with van der Waals surface area (Å²) in [5.41, 5.74) is 4.67. The highest BCUT2D eigenvalue weighted by molar-refractivity contribution is 5.74. The molecule has 1 saturated carbocycles. The number of imidazole rings is 1. The number of allylic oxidation sites excluding steroid dienone is 1. The van der Waals surface area contributed by atoms with Crippen LogP contribution in [0.4, 0.5) is 4.39 Å². The van der Waals surface area contributed by atoms with Gasteiger partial charge in [0, 0.05) is 42.0 Å². The van der Waals surface area contributed by atoms with Crippen LogP contribution in [-0.2, 0) is 10.2 Å². The monoisotopic (exact) mass is 549 g/mol. The van der Waals surface area contributed by atoms with Gasteiger partial charge in [-0.3, -0.25) is 14.5 Å². The van der Waals surface area contributed by atoms with Crippen LogP contribution >= 0.6 is 0 Å². The van der Waals surface area contributed by atoms with Crippen molar-refractivity contribution in [2.45, 2.75) is 58.4 Å².